The molecule has 25 heavy (non-hydrogen) atoms. The van der Waals surface area contributed by atoms with E-state index in [0.717, 1.165) is 0 Å². The van der Waals surface area contributed by atoms with Crippen molar-refractivity contribution in [1.82, 2.24) is 4.98 Å². The zero-order chi connectivity index (χ0) is 17.8. The molecule has 1 aromatic heterocycles. The van der Waals surface area contributed by atoms with Crippen LogP contribution in [-0.4, -0.2) is 29.7 Å². The molecule has 0 aliphatic carbocycles. The minimum Gasteiger partial charge on any atom is -0.497 e. The van der Waals surface area contributed by atoms with Crippen molar-refractivity contribution < 1.29 is 19.4 Å². The van der Waals surface area contributed by atoms with Crippen LogP contribution in [0.4, 0.5) is 5.69 Å². The van der Waals surface area contributed by atoms with E-state index in [2.05, 4.69) is 15.2 Å². The first-order valence-electron chi connectivity index (χ1n) is 7.28. The van der Waals surface area contributed by atoms with Crippen LogP contribution in [0.3, 0.4) is 0 Å². The van der Waals surface area contributed by atoms with Crippen LogP contribution in [0.1, 0.15) is 0 Å². The number of fused-ring (bicyclic) bond motifs is 1. The van der Waals surface area contributed by atoms with Crippen molar-refractivity contribution >= 4 is 34.1 Å². The maximum absolute atomic E-state index is 11.8. The van der Waals surface area contributed by atoms with Gasteiger partial charge >= 0.3 is 5.91 Å². The first kappa shape index (κ1) is 16.8. The highest BCUT2D eigenvalue weighted by molar-refractivity contribution is 6.31. The van der Waals surface area contributed by atoms with Gasteiger partial charge in [0.2, 0.25) is 5.88 Å². The van der Waals surface area contributed by atoms with Crippen LogP contribution >= 0.6 is 11.6 Å². The molecule has 0 saturated carbocycles. The number of nitrogens with one attached hydrogen (secondary N) is 1. The molecule has 0 spiro atoms. The van der Waals surface area contributed by atoms with E-state index < -0.39 is 5.91 Å². The summed E-state index contributed by atoms with van der Waals surface area (Å²) in [6, 6.07) is 11.8. The number of benzene rings is 2. The summed E-state index contributed by atoms with van der Waals surface area (Å²) in [6.07, 6.45) is 0. The van der Waals surface area contributed by atoms with Gasteiger partial charge in [-0.3, -0.25) is 4.79 Å². The summed E-state index contributed by atoms with van der Waals surface area (Å²) in [5, 5.41) is 18.3. The van der Waals surface area contributed by atoms with Gasteiger partial charge in [-0.15, -0.1) is 10.2 Å². The fourth-order valence-corrected chi connectivity index (χ4v) is 2.36. The number of rotatable bonds is 5. The lowest BCUT2D eigenvalue weighted by Gasteiger charge is -2.04. The smallest absolute Gasteiger partial charge is 0.302 e. The molecular formula is C17H14ClN3O4. The van der Waals surface area contributed by atoms with E-state index in [4.69, 9.17) is 21.1 Å². The van der Waals surface area contributed by atoms with Gasteiger partial charge in [0.15, 0.2) is 12.3 Å². The third-order valence-electron chi connectivity index (χ3n) is 3.40. The number of carbonyl (C=O) groups excluding carboxylic acids is 1. The lowest BCUT2D eigenvalue weighted by Crippen LogP contribution is -2.07. The molecule has 0 bridgehead atoms. The Kier molecular flexibility index (Phi) is 4.85. The molecule has 1 heterocycles. The van der Waals surface area contributed by atoms with Crippen LogP contribution in [-0.2, 0) is 4.79 Å². The van der Waals surface area contributed by atoms with Gasteiger partial charge in [0.05, 0.1) is 12.6 Å². The molecule has 8 heteroatoms. The minimum atomic E-state index is -0.591. The van der Waals surface area contributed by atoms with Gasteiger partial charge in [0.1, 0.15) is 11.5 Å². The average molecular weight is 360 g/mol. The fourth-order valence-electron chi connectivity index (χ4n) is 2.19. The van der Waals surface area contributed by atoms with Crippen LogP contribution in [0.15, 0.2) is 52.7 Å². The molecule has 0 saturated heterocycles. The van der Waals surface area contributed by atoms with Crippen LogP contribution < -0.4 is 9.47 Å². The van der Waals surface area contributed by atoms with Crippen molar-refractivity contribution in [2.24, 2.45) is 10.2 Å². The lowest BCUT2D eigenvalue weighted by molar-refractivity contribution is -0.120. The lowest BCUT2D eigenvalue weighted by atomic mass is 10.2. The number of ether oxygens (including phenoxy) is 2. The predicted molar refractivity (Wildman–Crippen MR) is 93.0 cm³/mol. The van der Waals surface area contributed by atoms with E-state index in [-0.39, 0.29) is 18.2 Å². The molecule has 7 nitrogen and oxygen atoms in total. The highest BCUT2D eigenvalue weighted by atomic mass is 35.5. The van der Waals surface area contributed by atoms with Gasteiger partial charge in [-0.2, -0.15) is 0 Å². The van der Waals surface area contributed by atoms with E-state index in [0.29, 0.717) is 27.4 Å². The molecule has 2 aromatic carbocycles. The fraction of sp³-hybridized carbons (Fsp3) is 0.118. The van der Waals surface area contributed by atoms with E-state index >= 15 is 0 Å². The first-order valence-corrected chi connectivity index (χ1v) is 7.66. The summed E-state index contributed by atoms with van der Waals surface area (Å²) < 4.78 is 10.4. The molecule has 0 radical (unpaired) electrons. The van der Waals surface area contributed by atoms with Gasteiger partial charge in [0, 0.05) is 10.4 Å². The number of hydrogen-bond acceptors (Lipinski definition) is 5. The summed E-state index contributed by atoms with van der Waals surface area (Å²) in [4.78, 5) is 14.6. The standard InChI is InChI=1S/C17H14ClN3O4/c1-24-11-3-5-12(6-4-11)25-9-15(22)20-21-16-13-8-10(18)2-7-14(13)19-17(16)23/h2-8,19,23H,9H2,1H3. The largest absolute Gasteiger partial charge is 0.497 e. The topological polar surface area (TPSA) is 96.3 Å². The highest BCUT2D eigenvalue weighted by Crippen LogP contribution is 2.36. The van der Waals surface area contributed by atoms with Crippen LogP contribution in [0, 0.1) is 0 Å². The van der Waals surface area contributed by atoms with E-state index in [1.54, 1.807) is 49.6 Å². The summed E-state index contributed by atoms with van der Waals surface area (Å²) in [5.41, 5.74) is 0.785. The van der Waals surface area contributed by atoms with Crippen molar-refractivity contribution in [2.75, 3.05) is 13.7 Å². The zero-order valence-corrected chi connectivity index (χ0v) is 13.9. The van der Waals surface area contributed by atoms with Crippen LogP contribution in [0.25, 0.3) is 10.9 Å². The number of nitrogens with zero attached hydrogens (tertiary/aromatic N) is 2. The Hall–Kier alpha value is -3.06. The molecule has 0 atom stereocenters. The summed E-state index contributed by atoms with van der Waals surface area (Å²) in [7, 11) is 1.56. The Labute approximate surface area is 147 Å². The third-order valence-corrected chi connectivity index (χ3v) is 3.63. The molecule has 0 aliphatic rings. The second kappa shape index (κ2) is 7.23. The Morgan fingerprint density at radius 3 is 2.64 bits per heavy atom. The third kappa shape index (κ3) is 3.89. The molecule has 0 fully saturated rings. The minimum absolute atomic E-state index is 0.148. The number of hydrogen-bond donors (Lipinski definition) is 2. The molecule has 0 aliphatic heterocycles. The van der Waals surface area contributed by atoms with Crippen molar-refractivity contribution in [1.29, 1.82) is 0 Å². The number of azo groups is 1. The van der Waals surface area contributed by atoms with Crippen molar-refractivity contribution in [3.8, 4) is 17.4 Å². The summed E-state index contributed by atoms with van der Waals surface area (Å²) in [6.45, 7) is -0.278. The molecule has 2 N–H and O–H groups in total. The number of aromatic amines is 1. The monoisotopic (exact) mass is 359 g/mol. The number of carbonyl (C=O) groups is 1. The second-order valence-corrected chi connectivity index (χ2v) is 5.51. The Bertz CT molecular complexity index is 935. The van der Waals surface area contributed by atoms with Gasteiger partial charge in [-0.1, -0.05) is 11.6 Å². The van der Waals surface area contributed by atoms with Crippen LogP contribution in [0.2, 0.25) is 5.02 Å². The predicted octanol–water partition coefficient (Wildman–Crippen LogP) is 4.22. The first-order chi connectivity index (χ1) is 12.1. The average Bonchev–Trinajstić information content (AvgIpc) is 2.93. The number of amides is 1. The van der Waals surface area contributed by atoms with Gasteiger partial charge < -0.3 is 19.6 Å². The van der Waals surface area contributed by atoms with E-state index in [9.17, 15) is 9.90 Å². The molecule has 3 rings (SSSR count). The van der Waals surface area contributed by atoms with Crippen molar-refractivity contribution in [2.45, 2.75) is 0 Å². The molecule has 0 unspecified atom stereocenters. The van der Waals surface area contributed by atoms with E-state index in [1.165, 1.54) is 0 Å². The summed E-state index contributed by atoms with van der Waals surface area (Å²) in [5.74, 6) is 0.411. The Morgan fingerprint density at radius 1 is 1.20 bits per heavy atom. The van der Waals surface area contributed by atoms with Crippen molar-refractivity contribution in [3.05, 3.63) is 47.5 Å². The highest BCUT2D eigenvalue weighted by Gasteiger charge is 2.11. The number of methoxy groups -OCH3 is 1. The Morgan fingerprint density at radius 2 is 1.92 bits per heavy atom. The van der Waals surface area contributed by atoms with Crippen LogP contribution in [0.5, 0.6) is 17.4 Å². The maximum Gasteiger partial charge on any atom is 0.302 e. The molecule has 1 amide bonds. The second-order valence-electron chi connectivity index (χ2n) is 5.07. The van der Waals surface area contributed by atoms with E-state index in [1.807, 2.05) is 0 Å². The molecular weight excluding hydrogens is 346 g/mol. The normalized spacial score (nSPS) is 11.1. The summed E-state index contributed by atoms with van der Waals surface area (Å²) >= 11 is 5.94. The van der Waals surface area contributed by atoms with Crippen molar-refractivity contribution in [3.63, 3.8) is 0 Å². The number of aromatic hydroxyl groups is 1. The molecule has 3 aromatic rings. The number of aromatic nitrogens is 1. The molecule has 128 valence electrons. The number of H-pyrrole nitrogens is 1. The van der Waals surface area contributed by atoms with Gasteiger partial charge in [-0.25, -0.2) is 0 Å². The van der Waals surface area contributed by atoms with Gasteiger partial charge in [-0.05, 0) is 42.5 Å². The SMILES string of the molecule is COc1ccc(OCC(=O)N=Nc2c(O)[nH]c3ccc(Cl)cc23)cc1. The quantitative estimate of drug-likeness (QED) is 0.666. The zero-order valence-electron chi connectivity index (χ0n) is 13.2. The Balaban J connectivity index is 1.68. The maximum atomic E-state index is 11.8. The number of halogens is 1. The van der Waals surface area contributed by atoms with Gasteiger partial charge in [0.25, 0.3) is 0 Å².